The van der Waals surface area contributed by atoms with Crippen molar-refractivity contribution >= 4 is 39.8 Å². The van der Waals surface area contributed by atoms with Crippen molar-refractivity contribution < 1.29 is 21.9 Å². The topological polar surface area (TPSA) is 69.5 Å². The SMILES string of the molecule is CN(C)c1ccccc1N(C)C.O.O.[Br][Ni+2][Br]. The molecule has 0 saturated heterocycles. The summed E-state index contributed by atoms with van der Waals surface area (Å²) in [6.45, 7) is 0. The van der Waals surface area contributed by atoms with Crippen LogP contribution in [0.2, 0.25) is 0 Å². The van der Waals surface area contributed by atoms with Crippen LogP contribution in [0.3, 0.4) is 0 Å². The molecule has 1 aromatic rings. The van der Waals surface area contributed by atoms with E-state index in [1.807, 2.05) is 0 Å². The van der Waals surface area contributed by atoms with Crippen LogP contribution < -0.4 is 9.80 Å². The molecule has 0 aliphatic carbocycles. The maximum absolute atomic E-state index is 3.00. The minimum atomic E-state index is 0. The molecule has 1 rings (SSSR count). The second kappa shape index (κ2) is 12.6. The summed E-state index contributed by atoms with van der Waals surface area (Å²) >= 11 is 6.00. The fraction of sp³-hybridized carbons (Fsp3) is 0.400. The van der Waals surface area contributed by atoms with Crippen molar-refractivity contribution in [1.29, 1.82) is 0 Å². The predicted molar refractivity (Wildman–Crippen MR) is 80.2 cm³/mol. The van der Waals surface area contributed by atoms with Gasteiger partial charge < -0.3 is 20.8 Å². The number of halogens is 2. The quantitative estimate of drug-likeness (QED) is 0.688. The fourth-order valence-electron chi connectivity index (χ4n) is 1.22. The molecule has 0 aliphatic rings. The van der Waals surface area contributed by atoms with Gasteiger partial charge in [-0.1, -0.05) is 12.1 Å². The monoisotopic (exact) mass is 416 g/mol. The van der Waals surface area contributed by atoms with Gasteiger partial charge in [-0.2, -0.15) is 0 Å². The van der Waals surface area contributed by atoms with Gasteiger partial charge in [-0.25, -0.2) is 0 Å². The zero-order chi connectivity index (χ0) is 11.8. The molecule has 7 heteroatoms. The van der Waals surface area contributed by atoms with E-state index in [0.717, 1.165) is 0 Å². The minimum absolute atomic E-state index is 0. The average Bonchev–Trinajstić information content (AvgIpc) is 2.19. The Morgan fingerprint density at radius 3 is 1.24 bits per heavy atom. The van der Waals surface area contributed by atoms with Crippen LogP contribution in [-0.4, -0.2) is 39.1 Å². The van der Waals surface area contributed by atoms with Crippen LogP contribution in [-0.2, 0) is 10.9 Å². The van der Waals surface area contributed by atoms with Crippen molar-refractivity contribution in [3.8, 4) is 0 Å². The molecule has 0 saturated carbocycles. The standard InChI is InChI=1S/C10H16N2.2BrH.Ni.2H2O/c1-11(2)9-7-5-6-8-10(9)12(3)4;;;;;/h5-8H,1-4H3;2*1H;;2*1H2/q;;;+4;;/p-2. The molecule has 0 aliphatic heterocycles. The first-order valence-corrected chi connectivity index (χ1v) is 9.18. The van der Waals surface area contributed by atoms with Crippen molar-refractivity contribution in [2.45, 2.75) is 0 Å². The number of benzene rings is 1. The molecule has 0 aromatic heterocycles. The van der Waals surface area contributed by atoms with Crippen molar-refractivity contribution in [3.05, 3.63) is 24.3 Å². The first-order valence-electron chi connectivity index (χ1n) is 4.30. The summed E-state index contributed by atoms with van der Waals surface area (Å²) in [5.74, 6) is 0. The molecule has 0 spiro atoms. The van der Waals surface area contributed by atoms with Gasteiger partial charge in [0, 0.05) is 28.2 Å². The van der Waals surface area contributed by atoms with E-state index in [4.69, 9.17) is 0 Å². The molecule has 104 valence electrons. The van der Waals surface area contributed by atoms with Gasteiger partial charge >= 0.3 is 39.3 Å². The summed E-state index contributed by atoms with van der Waals surface area (Å²) in [5, 5.41) is 0. The molecule has 4 N–H and O–H groups in total. The van der Waals surface area contributed by atoms with E-state index in [1.165, 1.54) is 22.3 Å². The Kier molecular flexibility index (Phi) is 16.6. The molecule has 0 heterocycles. The molecule has 4 nitrogen and oxygen atoms in total. The van der Waals surface area contributed by atoms with Crippen molar-refractivity contribution in [1.82, 2.24) is 0 Å². The van der Waals surface area contributed by atoms with Gasteiger partial charge in [0.05, 0.1) is 11.4 Å². The summed E-state index contributed by atoms with van der Waals surface area (Å²) in [6.07, 6.45) is 0. The summed E-state index contributed by atoms with van der Waals surface area (Å²) < 4.78 is 0. The predicted octanol–water partition coefficient (Wildman–Crippen LogP) is 1.86. The van der Waals surface area contributed by atoms with E-state index < -0.39 is 0 Å². The zero-order valence-electron chi connectivity index (χ0n) is 10.3. The van der Waals surface area contributed by atoms with E-state index >= 15 is 0 Å². The van der Waals surface area contributed by atoms with Crippen molar-refractivity contribution in [2.75, 3.05) is 38.0 Å². The van der Waals surface area contributed by atoms with Crippen molar-refractivity contribution in [3.63, 3.8) is 0 Å². The Hall–Kier alpha value is 0.194. The average molecular weight is 419 g/mol. The Balaban J connectivity index is -0.000000356. The molecule has 0 fully saturated rings. The van der Waals surface area contributed by atoms with Crippen LogP contribution in [0, 0.1) is 0 Å². The fourth-order valence-corrected chi connectivity index (χ4v) is 1.22. The Bertz CT molecular complexity index is 262. The molecule has 0 amide bonds. The number of hydrogen-bond acceptors (Lipinski definition) is 2. The molecular formula is C10H20Br2N2NiO2+2. The van der Waals surface area contributed by atoms with Gasteiger partial charge in [0.1, 0.15) is 0 Å². The van der Waals surface area contributed by atoms with E-state index in [9.17, 15) is 0 Å². The van der Waals surface area contributed by atoms with E-state index in [-0.39, 0.29) is 11.0 Å². The Morgan fingerprint density at radius 1 is 0.824 bits per heavy atom. The summed E-state index contributed by atoms with van der Waals surface area (Å²) in [6, 6.07) is 8.36. The summed E-state index contributed by atoms with van der Waals surface area (Å²) in [5.41, 5.74) is 2.50. The number of rotatable bonds is 2. The molecular weight excluding hydrogens is 399 g/mol. The van der Waals surface area contributed by atoms with Crippen LogP contribution in [0.1, 0.15) is 0 Å². The summed E-state index contributed by atoms with van der Waals surface area (Å²) in [4.78, 5) is 4.24. The third kappa shape index (κ3) is 8.86. The van der Waals surface area contributed by atoms with Gasteiger partial charge in [-0.3, -0.25) is 0 Å². The van der Waals surface area contributed by atoms with E-state index in [0.29, 0.717) is 0 Å². The van der Waals surface area contributed by atoms with Crippen LogP contribution in [0.5, 0.6) is 0 Å². The van der Waals surface area contributed by atoms with Crippen LogP contribution in [0.4, 0.5) is 11.4 Å². The third-order valence-corrected chi connectivity index (χ3v) is 1.85. The zero-order valence-corrected chi connectivity index (χ0v) is 14.4. The first-order chi connectivity index (χ1) is 7.04. The number of anilines is 2. The maximum atomic E-state index is 3.00. The van der Waals surface area contributed by atoms with Crippen LogP contribution >= 0.6 is 28.5 Å². The van der Waals surface area contributed by atoms with Gasteiger partial charge in [0.25, 0.3) is 0 Å². The number of para-hydroxylation sites is 2. The van der Waals surface area contributed by atoms with Crippen LogP contribution in [0.25, 0.3) is 0 Å². The summed E-state index contributed by atoms with van der Waals surface area (Å²) in [7, 11) is 9.48. The molecule has 0 radical (unpaired) electrons. The van der Waals surface area contributed by atoms with Gasteiger partial charge in [-0.15, -0.1) is 0 Å². The number of nitrogens with zero attached hydrogens (tertiary/aromatic N) is 2. The molecule has 0 atom stereocenters. The first kappa shape index (κ1) is 22.4. The molecule has 0 bridgehead atoms. The van der Waals surface area contributed by atoms with E-state index in [2.05, 4.69) is 90.7 Å². The van der Waals surface area contributed by atoms with Crippen molar-refractivity contribution in [2.24, 2.45) is 0 Å². The number of hydrogen-bond donors (Lipinski definition) is 0. The molecule has 0 unspecified atom stereocenters. The molecule has 17 heavy (non-hydrogen) atoms. The normalized spacial score (nSPS) is 8.12. The van der Waals surface area contributed by atoms with E-state index in [1.54, 1.807) is 0 Å². The van der Waals surface area contributed by atoms with Crippen LogP contribution in [0.15, 0.2) is 24.3 Å². The van der Waals surface area contributed by atoms with Gasteiger partial charge in [0.2, 0.25) is 0 Å². The molecule has 1 aromatic carbocycles. The Labute approximate surface area is 123 Å². The second-order valence-electron chi connectivity index (χ2n) is 3.32. The van der Waals surface area contributed by atoms with Gasteiger partial charge in [-0.05, 0) is 12.1 Å². The Morgan fingerprint density at radius 2 is 1.06 bits per heavy atom. The third-order valence-electron chi connectivity index (χ3n) is 1.85. The van der Waals surface area contributed by atoms with Gasteiger partial charge in [0.15, 0.2) is 0 Å². The second-order valence-corrected chi connectivity index (χ2v) is 8.31.